The first kappa shape index (κ1) is 6.59. The van der Waals surface area contributed by atoms with Crippen molar-refractivity contribution in [2.45, 2.75) is 12.8 Å². The molecule has 10 heavy (non-hydrogen) atoms. The molecule has 58 valence electrons. The zero-order chi connectivity index (χ0) is 6.97. The largest absolute Gasteiger partial charge is 0.316 e. The summed E-state index contributed by atoms with van der Waals surface area (Å²) in [7, 11) is 0. The lowest BCUT2D eigenvalue weighted by atomic mass is 10.0. The SMILES string of the molecule is FCC1CC2CNCC2C1. The summed E-state index contributed by atoms with van der Waals surface area (Å²) in [5.41, 5.74) is 0. The van der Waals surface area contributed by atoms with Gasteiger partial charge in [-0.2, -0.15) is 0 Å². The topological polar surface area (TPSA) is 12.0 Å². The van der Waals surface area contributed by atoms with Crippen LogP contribution in [0.2, 0.25) is 0 Å². The van der Waals surface area contributed by atoms with Crippen molar-refractivity contribution in [3.63, 3.8) is 0 Å². The molecule has 1 saturated heterocycles. The van der Waals surface area contributed by atoms with Gasteiger partial charge >= 0.3 is 0 Å². The zero-order valence-corrected chi connectivity index (χ0v) is 6.15. The number of rotatable bonds is 1. The second kappa shape index (κ2) is 2.50. The van der Waals surface area contributed by atoms with Crippen LogP contribution in [-0.2, 0) is 0 Å². The average molecular weight is 143 g/mol. The van der Waals surface area contributed by atoms with Gasteiger partial charge in [0.15, 0.2) is 0 Å². The van der Waals surface area contributed by atoms with Crippen LogP contribution in [0.3, 0.4) is 0 Å². The fraction of sp³-hybridized carbons (Fsp3) is 1.00. The third-order valence-electron chi connectivity index (χ3n) is 2.97. The molecule has 1 N–H and O–H groups in total. The minimum atomic E-state index is -0.0903. The predicted octanol–water partition coefficient (Wildman–Crippen LogP) is 1.20. The van der Waals surface area contributed by atoms with Crippen LogP contribution in [-0.4, -0.2) is 19.8 Å². The monoisotopic (exact) mass is 143 g/mol. The van der Waals surface area contributed by atoms with Crippen molar-refractivity contribution < 1.29 is 4.39 Å². The van der Waals surface area contributed by atoms with E-state index in [0.717, 1.165) is 37.8 Å². The number of hydrogen-bond donors (Lipinski definition) is 1. The van der Waals surface area contributed by atoms with Crippen LogP contribution in [0.15, 0.2) is 0 Å². The van der Waals surface area contributed by atoms with Crippen LogP contribution < -0.4 is 5.32 Å². The first-order chi connectivity index (χ1) is 4.90. The molecule has 1 nitrogen and oxygen atoms in total. The maximum atomic E-state index is 12.2. The molecule has 0 aromatic rings. The molecular weight excluding hydrogens is 129 g/mol. The van der Waals surface area contributed by atoms with Crippen molar-refractivity contribution in [3.8, 4) is 0 Å². The molecule has 2 fully saturated rings. The summed E-state index contributed by atoms with van der Waals surface area (Å²) in [5.74, 6) is 2.01. The average Bonchev–Trinajstić information content (AvgIpc) is 2.42. The summed E-state index contributed by atoms with van der Waals surface area (Å²) in [5, 5.41) is 3.35. The molecule has 1 aliphatic heterocycles. The lowest BCUT2D eigenvalue weighted by Gasteiger charge is -2.03. The fourth-order valence-electron chi connectivity index (χ4n) is 2.42. The van der Waals surface area contributed by atoms with E-state index in [1.807, 2.05) is 0 Å². The van der Waals surface area contributed by atoms with Gasteiger partial charge in [0.05, 0.1) is 6.67 Å². The Hall–Kier alpha value is -0.110. The van der Waals surface area contributed by atoms with Gasteiger partial charge in [0, 0.05) is 0 Å². The first-order valence-electron chi connectivity index (χ1n) is 4.17. The Morgan fingerprint density at radius 1 is 1.20 bits per heavy atom. The van der Waals surface area contributed by atoms with Crippen LogP contribution >= 0.6 is 0 Å². The molecule has 1 heterocycles. The van der Waals surface area contributed by atoms with Gasteiger partial charge in [0.1, 0.15) is 0 Å². The number of nitrogens with one attached hydrogen (secondary N) is 1. The van der Waals surface area contributed by atoms with Gasteiger partial charge in [0.2, 0.25) is 0 Å². The first-order valence-corrected chi connectivity index (χ1v) is 4.17. The highest BCUT2D eigenvalue weighted by atomic mass is 19.1. The number of alkyl halides is 1. The second-order valence-corrected chi connectivity index (χ2v) is 3.67. The Labute approximate surface area is 61.0 Å². The Morgan fingerprint density at radius 3 is 2.30 bits per heavy atom. The summed E-state index contributed by atoms with van der Waals surface area (Å²) in [4.78, 5) is 0. The third-order valence-corrected chi connectivity index (χ3v) is 2.97. The Bertz CT molecular complexity index is 114. The van der Waals surface area contributed by atoms with Crippen LogP contribution in [0.1, 0.15) is 12.8 Å². The summed E-state index contributed by atoms with van der Waals surface area (Å²) < 4.78 is 12.2. The standard InChI is InChI=1S/C8H14FN/c9-3-6-1-7-4-10-5-8(7)2-6/h6-8,10H,1-5H2. The molecule has 0 amide bonds. The Balaban J connectivity index is 1.94. The minimum absolute atomic E-state index is 0.0903. The van der Waals surface area contributed by atoms with E-state index in [-0.39, 0.29) is 6.67 Å². The quantitative estimate of drug-likeness (QED) is 0.581. The van der Waals surface area contributed by atoms with Crippen molar-refractivity contribution in [2.24, 2.45) is 17.8 Å². The summed E-state index contributed by atoms with van der Waals surface area (Å²) in [6, 6.07) is 0. The normalized spacial score (nSPS) is 45.9. The molecule has 0 bridgehead atoms. The van der Waals surface area contributed by atoms with Gasteiger partial charge in [-0.1, -0.05) is 0 Å². The fourth-order valence-corrected chi connectivity index (χ4v) is 2.42. The smallest absolute Gasteiger partial charge is 0.0922 e. The molecule has 1 aliphatic carbocycles. The molecule has 2 atom stereocenters. The molecule has 2 unspecified atom stereocenters. The van der Waals surface area contributed by atoms with Gasteiger partial charge in [-0.15, -0.1) is 0 Å². The van der Waals surface area contributed by atoms with Gasteiger partial charge < -0.3 is 5.32 Å². The molecular formula is C8H14FN. The lowest BCUT2D eigenvalue weighted by Crippen LogP contribution is -2.12. The van der Waals surface area contributed by atoms with Gasteiger partial charge in [0.25, 0.3) is 0 Å². The molecule has 0 radical (unpaired) electrons. The molecule has 2 rings (SSSR count). The highest BCUT2D eigenvalue weighted by Gasteiger charge is 2.36. The highest BCUT2D eigenvalue weighted by Crippen LogP contribution is 2.38. The number of halogens is 1. The van der Waals surface area contributed by atoms with Crippen LogP contribution in [0, 0.1) is 17.8 Å². The van der Waals surface area contributed by atoms with Crippen molar-refractivity contribution in [1.82, 2.24) is 5.32 Å². The van der Waals surface area contributed by atoms with Gasteiger partial charge in [-0.25, -0.2) is 0 Å². The van der Waals surface area contributed by atoms with E-state index in [0.29, 0.717) is 5.92 Å². The van der Waals surface area contributed by atoms with E-state index >= 15 is 0 Å². The lowest BCUT2D eigenvalue weighted by molar-refractivity contribution is 0.350. The van der Waals surface area contributed by atoms with E-state index in [1.165, 1.54) is 0 Å². The highest BCUT2D eigenvalue weighted by molar-refractivity contribution is 4.90. The number of hydrogen-bond acceptors (Lipinski definition) is 1. The van der Waals surface area contributed by atoms with Crippen LogP contribution in [0.25, 0.3) is 0 Å². The summed E-state index contributed by atoms with van der Waals surface area (Å²) >= 11 is 0. The maximum absolute atomic E-state index is 12.2. The van der Waals surface area contributed by atoms with Crippen LogP contribution in [0.4, 0.5) is 4.39 Å². The maximum Gasteiger partial charge on any atom is 0.0922 e. The van der Waals surface area contributed by atoms with Crippen molar-refractivity contribution in [3.05, 3.63) is 0 Å². The molecule has 2 heteroatoms. The number of fused-ring (bicyclic) bond motifs is 1. The van der Waals surface area contributed by atoms with Gasteiger partial charge in [-0.05, 0) is 43.7 Å². The molecule has 1 saturated carbocycles. The van der Waals surface area contributed by atoms with Crippen molar-refractivity contribution in [2.75, 3.05) is 19.8 Å². The van der Waals surface area contributed by atoms with E-state index < -0.39 is 0 Å². The predicted molar refractivity (Wildman–Crippen MR) is 38.5 cm³/mol. The molecule has 0 aromatic heterocycles. The zero-order valence-electron chi connectivity index (χ0n) is 6.15. The molecule has 2 aliphatic rings. The minimum Gasteiger partial charge on any atom is -0.316 e. The Morgan fingerprint density at radius 2 is 1.80 bits per heavy atom. The van der Waals surface area contributed by atoms with E-state index in [9.17, 15) is 4.39 Å². The van der Waals surface area contributed by atoms with Gasteiger partial charge in [-0.3, -0.25) is 4.39 Å². The Kier molecular flexibility index (Phi) is 1.65. The summed E-state index contributed by atoms with van der Waals surface area (Å²) in [6.45, 7) is 2.19. The summed E-state index contributed by atoms with van der Waals surface area (Å²) in [6.07, 6.45) is 2.27. The van der Waals surface area contributed by atoms with E-state index in [4.69, 9.17) is 0 Å². The van der Waals surface area contributed by atoms with Crippen molar-refractivity contribution in [1.29, 1.82) is 0 Å². The second-order valence-electron chi connectivity index (χ2n) is 3.67. The van der Waals surface area contributed by atoms with Crippen molar-refractivity contribution >= 4 is 0 Å². The van der Waals surface area contributed by atoms with Crippen LogP contribution in [0.5, 0.6) is 0 Å². The molecule has 0 spiro atoms. The third kappa shape index (κ3) is 0.947. The van der Waals surface area contributed by atoms with E-state index in [2.05, 4.69) is 5.32 Å². The van der Waals surface area contributed by atoms with E-state index in [1.54, 1.807) is 0 Å². The molecule has 0 aromatic carbocycles.